The van der Waals surface area contributed by atoms with Crippen LogP contribution < -0.4 is 20.3 Å². The lowest BCUT2D eigenvalue weighted by atomic mass is 10.00. The molecular weight excluding hydrogens is 322 g/mol. The number of anilines is 1. The predicted molar refractivity (Wildman–Crippen MR) is 94.9 cm³/mol. The van der Waals surface area contributed by atoms with Crippen molar-refractivity contribution < 1.29 is 14.4 Å². The van der Waals surface area contributed by atoms with Crippen LogP contribution >= 0.6 is 11.3 Å². The number of fused-ring (bicyclic) bond motifs is 3. The van der Waals surface area contributed by atoms with Crippen molar-refractivity contribution in [3.63, 3.8) is 0 Å². The van der Waals surface area contributed by atoms with E-state index in [9.17, 15) is 4.79 Å². The number of thiophene rings is 1. The number of likely N-dealkylation sites (N-methyl/N-ethyl adjacent to an activating group) is 1. The number of carbonyl (C=O) groups excluding carboxylic acids is 1. The number of nitrogens with one attached hydrogen (secondary N) is 3. The summed E-state index contributed by atoms with van der Waals surface area (Å²) in [7, 11) is 1.65. The first-order valence-electron chi connectivity index (χ1n) is 8.39. The van der Waals surface area contributed by atoms with E-state index in [1.165, 1.54) is 10.4 Å². The Morgan fingerprint density at radius 2 is 2.17 bits per heavy atom. The molecular formula is C18H22N3O2S+. The summed E-state index contributed by atoms with van der Waals surface area (Å²) in [5.74, 6) is 0.804. The van der Waals surface area contributed by atoms with Crippen LogP contribution in [0, 0.1) is 0 Å². The Balaban J connectivity index is 1.69. The number of ether oxygens (including phenoxy) is 1. The SMILES string of the molecule is CC[NH+]1CCc2c(sc3c2C(=O)N[C@@H](c2ccccc2OC)N3)C1. The molecule has 2 aromatic rings. The highest BCUT2D eigenvalue weighted by atomic mass is 32.1. The third kappa shape index (κ3) is 2.46. The van der Waals surface area contributed by atoms with E-state index >= 15 is 0 Å². The minimum atomic E-state index is -0.254. The summed E-state index contributed by atoms with van der Waals surface area (Å²) in [5, 5.41) is 7.60. The third-order valence-electron chi connectivity index (χ3n) is 4.96. The van der Waals surface area contributed by atoms with Gasteiger partial charge in [-0.3, -0.25) is 4.79 Å². The maximum absolute atomic E-state index is 12.8. The Morgan fingerprint density at radius 3 is 2.96 bits per heavy atom. The van der Waals surface area contributed by atoms with Crippen molar-refractivity contribution in [2.75, 3.05) is 25.5 Å². The van der Waals surface area contributed by atoms with E-state index in [4.69, 9.17) is 4.74 Å². The van der Waals surface area contributed by atoms with Crippen molar-refractivity contribution in [1.29, 1.82) is 0 Å². The molecule has 0 saturated carbocycles. The number of rotatable bonds is 3. The standard InChI is InChI=1S/C18H21N3O2S/c1-3-21-9-8-12-14(10-21)24-18-15(12)17(22)19-16(20-18)11-6-4-5-7-13(11)23-2/h4-7,16,20H,3,8-10H2,1-2H3,(H,19,22)/p+1/t16-/m1/s1. The molecule has 0 fully saturated rings. The predicted octanol–water partition coefficient (Wildman–Crippen LogP) is 1.57. The second-order valence-electron chi connectivity index (χ2n) is 6.28. The van der Waals surface area contributed by atoms with Gasteiger partial charge in [-0.05, 0) is 18.6 Å². The zero-order valence-corrected chi connectivity index (χ0v) is 14.8. The minimum Gasteiger partial charge on any atom is -0.496 e. The Hall–Kier alpha value is -2.05. The van der Waals surface area contributed by atoms with E-state index < -0.39 is 0 Å². The highest BCUT2D eigenvalue weighted by Crippen LogP contribution is 2.40. The molecule has 0 bridgehead atoms. The second-order valence-corrected chi connectivity index (χ2v) is 7.39. The fourth-order valence-electron chi connectivity index (χ4n) is 3.61. The lowest BCUT2D eigenvalue weighted by Crippen LogP contribution is -3.11. The molecule has 2 atom stereocenters. The van der Waals surface area contributed by atoms with Gasteiger partial charge < -0.3 is 20.3 Å². The van der Waals surface area contributed by atoms with E-state index in [2.05, 4.69) is 17.6 Å². The summed E-state index contributed by atoms with van der Waals surface area (Å²) in [4.78, 5) is 15.7. The van der Waals surface area contributed by atoms with E-state index in [1.807, 2.05) is 24.3 Å². The molecule has 4 rings (SSSR count). The fraction of sp³-hybridized carbons (Fsp3) is 0.389. The number of amides is 1. The summed E-state index contributed by atoms with van der Waals surface area (Å²) in [5.41, 5.74) is 3.05. The van der Waals surface area contributed by atoms with Crippen LogP contribution in [0.4, 0.5) is 5.00 Å². The van der Waals surface area contributed by atoms with Crippen molar-refractivity contribution in [3.8, 4) is 5.75 Å². The van der Waals surface area contributed by atoms with Gasteiger partial charge in [-0.25, -0.2) is 0 Å². The quantitative estimate of drug-likeness (QED) is 0.792. The molecule has 0 aliphatic carbocycles. The number of hydrogen-bond donors (Lipinski definition) is 3. The first kappa shape index (κ1) is 15.5. The normalized spacial score (nSPS) is 22.2. The van der Waals surface area contributed by atoms with Crippen molar-refractivity contribution >= 4 is 22.2 Å². The van der Waals surface area contributed by atoms with Gasteiger partial charge in [0.15, 0.2) is 0 Å². The van der Waals surface area contributed by atoms with Crippen LogP contribution in [0.25, 0.3) is 0 Å². The summed E-state index contributed by atoms with van der Waals surface area (Å²) in [6.45, 7) is 5.48. The Morgan fingerprint density at radius 1 is 1.33 bits per heavy atom. The molecule has 5 nitrogen and oxygen atoms in total. The van der Waals surface area contributed by atoms with E-state index in [0.717, 1.165) is 47.9 Å². The zero-order chi connectivity index (χ0) is 16.7. The van der Waals surface area contributed by atoms with Crippen LogP contribution in [0.3, 0.4) is 0 Å². The number of carbonyl (C=O) groups is 1. The van der Waals surface area contributed by atoms with Gasteiger partial charge in [0.05, 0.1) is 30.6 Å². The number of para-hydroxylation sites is 1. The van der Waals surface area contributed by atoms with Crippen molar-refractivity contribution in [3.05, 3.63) is 45.8 Å². The monoisotopic (exact) mass is 344 g/mol. The zero-order valence-electron chi connectivity index (χ0n) is 13.9. The molecule has 3 N–H and O–H groups in total. The average Bonchev–Trinajstić information content (AvgIpc) is 2.99. The van der Waals surface area contributed by atoms with Crippen LogP contribution in [0.5, 0.6) is 5.75 Å². The van der Waals surface area contributed by atoms with Crippen LogP contribution in [0.2, 0.25) is 0 Å². The molecule has 0 radical (unpaired) electrons. The molecule has 1 unspecified atom stereocenters. The molecule has 2 aliphatic rings. The van der Waals surface area contributed by atoms with Gasteiger partial charge in [0.1, 0.15) is 23.5 Å². The average molecular weight is 344 g/mol. The second kappa shape index (κ2) is 6.11. The van der Waals surface area contributed by atoms with Gasteiger partial charge in [0.2, 0.25) is 0 Å². The van der Waals surface area contributed by atoms with Gasteiger partial charge in [0, 0.05) is 12.0 Å². The van der Waals surface area contributed by atoms with Crippen molar-refractivity contribution in [1.82, 2.24) is 5.32 Å². The van der Waals surface area contributed by atoms with Gasteiger partial charge in [-0.15, -0.1) is 11.3 Å². The summed E-state index contributed by atoms with van der Waals surface area (Å²) >= 11 is 1.74. The molecule has 24 heavy (non-hydrogen) atoms. The molecule has 1 aromatic heterocycles. The Labute approximate surface area is 145 Å². The first-order chi connectivity index (χ1) is 11.7. The minimum absolute atomic E-state index is 0.0251. The van der Waals surface area contributed by atoms with E-state index in [0.29, 0.717) is 0 Å². The first-order valence-corrected chi connectivity index (χ1v) is 9.21. The molecule has 1 amide bonds. The van der Waals surface area contributed by atoms with E-state index in [-0.39, 0.29) is 12.1 Å². The largest absolute Gasteiger partial charge is 0.496 e. The van der Waals surface area contributed by atoms with Gasteiger partial charge >= 0.3 is 0 Å². The van der Waals surface area contributed by atoms with Crippen LogP contribution in [-0.2, 0) is 13.0 Å². The molecule has 2 aliphatic heterocycles. The maximum atomic E-state index is 12.8. The number of hydrogen-bond acceptors (Lipinski definition) is 4. The Bertz CT molecular complexity index is 787. The molecule has 0 saturated heterocycles. The number of methoxy groups -OCH3 is 1. The molecule has 0 spiro atoms. The lowest BCUT2D eigenvalue weighted by Gasteiger charge is -2.28. The van der Waals surface area contributed by atoms with Crippen LogP contribution in [0.1, 0.15) is 39.5 Å². The molecule has 3 heterocycles. The highest BCUT2D eigenvalue weighted by Gasteiger charge is 2.34. The topological polar surface area (TPSA) is 54.8 Å². The highest BCUT2D eigenvalue weighted by molar-refractivity contribution is 7.16. The fourth-order valence-corrected chi connectivity index (χ4v) is 4.96. The lowest BCUT2D eigenvalue weighted by molar-refractivity contribution is -0.913. The van der Waals surface area contributed by atoms with Gasteiger partial charge in [-0.1, -0.05) is 18.2 Å². The molecule has 126 valence electrons. The van der Waals surface area contributed by atoms with E-state index in [1.54, 1.807) is 23.3 Å². The summed E-state index contributed by atoms with van der Waals surface area (Å²) in [6, 6.07) is 7.80. The van der Waals surface area contributed by atoms with Gasteiger partial charge in [0.25, 0.3) is 5.91 Å². The molecule has 6 heteroatoms. The van der Waals surface area contributed by atoms with Gasteiger partial charge in [-0.2, -0.15) is 0 Å². The third-order valence-corrected chi connectivity index (χ3v) is 6.12. The summed E-state index contributed by atoms with van der Waals surface area (Å²) in [6.07, 6.45) is 0.731. The maximum Gasteiger partial charge on any atom is 0.256 e. The molecule has 1 aromatic carbocycles. The van der Waals surface area contributed by atoms with Crippen LogP contribution in [-0.4, -0.2) is 26.1 Å². The number of benzene rings is 1. The van der Waals surface area contributed by atoms with Crippen molar-refractivity contribution in [2.45, 2.75) is 26.1 Å². The smallest absolute Gasteiger partial charge is 0.256 e. The Kier molecular flexibility index (Phi) is 3.94. The summed E-state index contributed by atoms with van der Waals surface area (Å²) < 4.78 is 5.44. The van der Waals surface area contributed by atoms with Crippen LogP contribution in [0.15, 0.2) is 24.3 Å². The number of quaternary nitrogens is 1. The van der Waals surface area contributed by atoms with Crippen molar-refractivity contribution in [2.24, 2.45) is 0 Å².